The molecule has 0 aliphatic carbocycles. The fraction of sp³-hybridized carbons (Fsp3) is 1.00. The highest BCUT2D eigenvalue weighted by molar-refractivity contribution is 4.84. The van der Waals surface area contributed by atoms with Crippen LogP contribution in [0.5, 0.6) is 0 Å². The van der Waals surface area contributed by atoms with Crippen LogP contribution >= 0.6 is 0 Å². The highest BCUT2D eigenvalue weighted by Gasteiger charge is 2.29. The average molecular weight is 185 g/mol. The summed E-state index contributed by atoms with van der Waals surface area (Å²) in [5, 5.41) is 9.62. The minimum atomic E-state index is -0.0812. The summed E-state index contributed by atoms with van der Waals surface area (Å²) in [4.78, 5) is 2.50. The molecule has 1 aliphatic heterocycles. The zero-order valence-electron chi connectivity index (χ0n) is 9.38. The third-order valence-corrected chi connectivity index (χ3v) is 2.94. The first kappa shape index (κ1) is 11.0. The predicted molar refractivity (Wildman–Crippen MR) is 55.8 cm³/mol. The highest BCUT2D eigenvalue weighted by atomic mass is 16.3. The van der Waals surface area contributed by atoms with Crippen LogP contribution in [-0.4, -0.2) is 34.2 Å². The summed E-state index contributed by atoms with van der Waals surface area (Å²) in [6.07, 6.45) is 2.94. The van der Waals surface area contributed by atoms with Gasteiger partial charge in [-0.2, -0.15) is 0 Å². The SMILES string of the molecule is C[C@@H]1C[C@H](O)CCCN1C(C)(C)C. The Bertz CT molecular complexity index is 162. The Morgan fingerprint density at radius 3 is 2.46 bits per heavy atom. The van der Waals surface area contributed by atoms with Crippen LogP contribution in [0.3, 0.4) is 0 Å². The van der Waals surface area contributed by atoms with Gasteiger partial charge in [0.15, 0.2) is 0 Å². The van der Waals surface area contributed by atoms with Crippen molar-refractivity contribution in [2.75, 3.05) is 6.54 Å². The smallest absolute Gasteiger partial charge is 0.0555 e. The Morgan fingerprint density at radius 1 is 1.31 bits per heavy atom. The number of hydrogen-bond donors (Lipinski definition) is 1. The maximum atomic E-state index is 9.62. The van der Waals surface area contributed by atoms with E-state index in [0.717, 1.165) is 25.8 Å². The number of aliphatic hydroxyl groups excluding tert-OH is 1. The molecule has 2 heteroatoms. The highest BCUT2D eigenvalue weighted by Crippen LogP contribution is 2.24. The molecule has 1 saturated heterocycles. The van der Waals surface area contributed by atoms with E-state index < -0.39 is 0 Å². The summed E-state index contributed by atoms with van der Waals surface area (Å²) in [6, 6.07) is 0.512. The second-order valence-corrected chi connectivity index (χ2v) is 5.24. The fourth-order valence-corrected chi connectivity index (χ4v) is 2.35. The summed E-state index contributed by atoms with van der Waals surface area (Å²) >= 11 is 0. The number of likely N-dealkylation sites (tertiary alicyclic amines) is 1. The largest absolute Gasteiger partial charge is 0.393 e. The molecule has 0 amide bonds. The Morgan fingerprint density at radius 2 is 1.92 bits per heavy atom. The van der Waals surface area contributed by atoms with E-state index in [0.29, 0.717) is 6.04 Å². The number of rotatable bonds is 0. The van der Waals surface area contributed by atoms with Gasteiger partial charge < -0.3 is 5.11 Å². The zero-order chi connectivity index (χ0) is 10.1. The first-order valence-electron chi connectivity index (χ1n) is 5.36. The Kier molecular flexibility index (Phi) is 3.36. The van der Waals surface area contributed by atoms with Gasteiger partial charge in [-0.25, -0.2) is 0 Å². The van der Waals surface area contributed by atoms with Gasteiger partial charge in [-0.15, -0.1) is 0 Å². The van der Waals surface area contributed by atoms with Gasteiger partial charge in [0.1, 0.15) is 0 Å². The maximum Gasteiger partial charge on any atom is 0.0555 e. The van der Waals surface area contributed by atoms with Crippen molar-refractivity contribution in [1.29, 1.82) is 0 Å². The van der Waals surface area contributed by atoms with Gasteiger partial charge >= 0.3 is 0 Å². The van der Waals surface area contributed by atoms with E-state index in [1.54, 1.807) is 0 Å². The Hall–Kier alpha value is -0.0800. The lowest BCUT2D eigenvalue weighted by atomic mass is 10.0. The molecule has 2 atom stereocenters. The molecule has 0 aromatic rings. The van der Waals surface area contributed by atoms with E-state index in [1.165, 1.54) is 0 Å². The maximum absolute atomic E-state index is 9.62. The second kappa shape index (κ2) is 3.97. The normalized spacial score (nSPS) is 33.0. The van der Waals surface area contributed by atoms with Crippen LogP contribution in [0.15, 0.2) is 0 Å². The lowest BCUT2D eigenvalue weighted by molar-refractivity contribution is 0.0762. The number of nitrogens with zero attached hydrogens (tertiary/aromatic N) is 1. The molecule has 0 radical (unpaired) electrons. The standard InChI is InChI=1S/C11H23NO/c1-9-8-10(13)6-5-7-12(9)11(2,3)4/h9-10,13H,5-8H2,1-4H3/t9-,10-/m1/s1. The fourth-order valence-electron chi connectivity index (χ4n) is 2.35. The third-order valence-electron chi connectivity index (χ3n) is 2.94. The molecule has 0 aromatic heterocycles. The van der Waals surface area contributed by atoms with Gasteiger partial charge in [0.2, 0.25) is 0 Å². The van der Waals surface area contributed by atoms with Gasteiger partial charge in [-0.3, -0.25) is 4.90 Å². The van der Waals surface area contributed by atoms with E-state index in [2.05, 4.69) is 32.6 Å². The quantitative estimate of drug-likeness (QED) is 0.624. The first-order chi connectivity index (χ1) is 5.91. The van der Waals surface area contributed by atoms with Crippen molar-refractivity contribution in [3.63, 3.8) is 0 Å². The van der Waals surface area contributed by atoms with Crippen LogP contribution in [0.1, 0.15) is 47.0 Å². The third kappa shape index (κ3) is 2.96. The number of aliphatic hydroxyl groups is 1. The molecular formula is C11H23NO. The molecule has 13 heavy (non-hydrogen) atoms. The van der Waals surface area contributed by atoms with Crippen molar-refractivity contribution in [2.45, 2.75) is 64.6 Å². The minimum Gasteiger partial charge on any atom is -0.393 e. The van der Waals surface area contributed by atoms with Gasteiger partial charge in [-0.05, 0) is 53.5 Å². The van der Waals surface area contributed by atoms with Gasteiger partial charge in [0.05, 0.1) is 6.10 Å². The monoisotopic (exact) mass is 185 g/mol. The van der Waals surface area contributed by atoms with Crippen LogP contribution in [-0.2, 0) is 0 Å². The van der Waals surface area contributed by atoms with Crippen molar-refractivity contribution in [2.24, 2.45) is 0 Å². The van der Waals surface area contributed by atoms with Crippen molar-refractivity contribution < 1.29 is 5.11 Å². The lowest BCUT2D eigenvalue weighted by Gasteiger charge is -2.39. The molecule has 0 spiro atoms. The van der Waals surface area contributed by atoms with E-state index >= 15 is 0 Å². The topological polar surface area (TPSA) is 23.5 Å². The Labute approximate surface area is 81.9 Å². The molecular weight excluding hydrogens is 162 g/mol. The first-order valence-corrected chi connectivity index (χ1v) is 5.36. The van der Waals surface area contributed by atoms with Gasteiger partial charge in [-0.1, -0.05) is 0 Å². The van der Waals surface area contributed by atoms with Crippen molar-refractivity contribution >= 4 is 0 Å². The van der Waals surface area contributed by atoms with E-state index in [4.69, 9.17) is 0 Å². The molecule has 0 bridgehead atoms. The molecule has 1 N–H and O–H groups in total. The molecule has 2 nitrogen and oxygen atoms in total. The lowest BCUT2D eigenvalue weighted by Crippen LogP contribution is -2.47. The number of hydrogen-bond acceptors (Lipinski definition) is 2. The van der Waals surface area contributed by atoms with E-state index in [9.17, 15) is 5.11 Å². The summed E-state index contributed by atoms with van der Waals surface area (Å²) in [6.45, 7) is 10.1. The summed E-state index contributed by atoms with van der Waals surface area (Å²) in [5.74, 6) is 0. The minimum absolute atomic E-state index is 0.0812. The molecule has 1 aliphatic rings. The summed E-state index contributed by atoms with van der Waals surface area (Å²) in [7, 11) is 0. The summed E-state index contributed by atoms with van der Waals surface area (Å²) < 4.78 is 0. The predicted octanol–water partition coefficient (Wildman–Crippen LogP) is 2.02. The second-order valence-electron chi connectivity index (χ2n) is 5.24. The molecule has 0 aromatic carbocycles. The molecule has 1 heterocycles. The van der Waals surface area contributed by atoms with Crippen LogP contribution in [0.25, 0.3) is 0 Å². The van der Waals surface area contributed by atoms with Crippen molar-refractivity contribution in [1.82, 2.24) is 4.90 Å². The van der Waals surface area contributed by atoms with Crippen molar-refractivity contribution in [3.8, 4) is 0 Å². The van der Waals surface area contributed by atoms with Crippen LogP contribution in [0.2, 0.25) is 0 Å². The van der Waals surface area contributed by atoms with E-state index in [1.807, 2.05) is 0 Å². The van der Waals surface area contributed by atoms with Crippen LogP contribution < -0.4 is 0 Å². The van der Waals surface area contributed by atoms with Gasteiger partial charge in [0.25, 0.3) is 0 Å². The van der Waals surface area contributed by atoms with Crippen molar-refractivity contribution in [3.05, 3.63) is 0 Å². The van der Waals surface area contributed by atoms with Crippen LogP contribution in [0, 0.1) is 0 Å². The Balaban J connectivity index is 2.64. The van der Waals surface area contributed by atoms with E-state index in [-0.39, 0.29) is 11.6 Å². The molecule has 0 saturated carbocycles. The molecule has 0 unspecified atom stereocenters. The van der Waals surface area contributed by atoms with Gasteiger partial charge in [0, 0.05) is 11.6 Å². The van der Waals surface area contributed by atoms with Crippen LogP contribution in [0.4, 0.5) is 0 Å². The molecule has 78 valence electrons. The molecule has 1 fully saturated rings. The zero-order valence-corrected chi connectivity index (χ0v) is 9.38. The average Bonchev–Trinajstić information content (AvgIpc) is 2.08. The summed E-state index contributed by atoms with van der Waals surface area (Å²) in [5.41, 5.74) is 0.240. The molecule has 1 rings (SSSR count).